The third kappa shape index (κ3) is 1.37. The van der Waals surface area contributed by atoms with Gasteiger partial charge >= 0.3 is 0 Å². The lowest BCUT2D eigenvalue weighted by Crippen LogP contribution is -1.95. The first kappa shape index (κ1) is 9.09. The monoisotopic (exact) mass is 209 g/mol. The van der Waals surface area contributed by atoms with Gasteiger partial charge in [-0.05, 0) is 19.1 Å². The second kappa shape index (κ2) is 3.45. The maximum Gasteiger partial charge on any atom is 0.155 e. The number of hydrogen-bond acceptors (Lipinski definition) is 2. The average molecular weight is 209 g/mol. The van der Waals surface area contributed by atoms with Crippen molar-refractivity contribution in [3.8, 4) is 11.3 Å². The molecule has 3 nitrogen and oxygen atoms in total. The Labute approximate surface area is 93.4 Å². The zero-order valence-corrected chi connectivity index (χ0v) is 8.96. The molecule has 0 saturated heterocycles. The lowest BCUT2D eigenvalue weighted by molar-refractivity contribution is 0.948. The Balaban J connectivity index is 2.29. The molecule has 2 heterocycles. The normalized spacial score (nSPS) is 10.8. The van der Waals surface area contributed by atoms with Crippen LogP contribution in [0.2, 0.25) is 0 Å². The molecule has 3 heteroatoms. The molecule has 0 aliphatic rings. The summed E-state index contributed by atoms with van der Waals surface area (Å²) in [5.41, 5.74) is 4.35. The first-order chi connectivity index (χ1) is 7.84. The van der Waals surface area contributed by atoms with Crippen molar-refractivity contribution < 1.29 is 0 Å². The summed E-state index contributed by atoms with van der Waals surface area (Å²) in [5.74, 6) is 0. The van der Waals surface area contributed by atoms with Crippen molar-refractivity contribution in [1.29, 1.82) is 0 Å². The molecule has 0 bridgehead atoms. The summed E-state index contributed by atoms with van der Waals surface area (Å²) in [5, 5.41) is 4.28. The molecule has 16 heavy (non-hydrogen) atoms. The molecule has 0 atom stereocenters. The summed E-state index contributed by atoms with van der Waals surface area (Å²) >= 11 is 0. The fourth-order valence-corrected chi connectivity index (χ4v) is 1.86. The molecule has 2 aromatic heterocycles. The van der Waals surface area contributed by atoms with E-state index in [9.17, 15) is 0 Å². The van der Waals surface area contributed by atoms with Crippen LogP contribution in [0.3, 0.4) is 0 Å². The molecule has 78 valence electrons. The van der Waals surface area contributed by atoms with Crippen LogP contribution in [0.1, 0.15) is 5.56 Å². The Morgan fingerprint density at radius 3 is 2.88 bits per heavy atom. The molecule has 1 aromatic carbocycles. The van der Waals surface area contributed by atoms with Crippen molar-refractivity contribution in [2.24, 2.45) is 0 Å². The summed E-state index contributed by atoms with van der Waals surface area (Å²) in [4.78, 5) is 4.25. The molecular formula is C13H11N3. The second-order valence-electron chi connectivity index (χ2n) is 3.80. The zero-order chi connectivity index (χ0) is 11.0. The standard InChI is InChI=1S/C13H11N3/c1-10-3-2-4-11(9-10)12-5-7-14-13-6-8-15-16(12)13/h2-9H,1H3. The molecule has 3 aromatic rings. The van der Waals surface area contributed by atoms with Gasteiger partial charge in [-0.2, -0.15) is 5.10 Å². The smallest absolute Gasteiger partial charge is 0.155 e. The first-order valence-corrected chi connectivity index (χ1v) is 5.20. The van der Waals surface area contributed by atoms with Gasteiger partial charge in [-0.15, -0.1) is 0 Å². The van der Waals surface area contributed by atoms with Crippen molar-refractivity contribution in [1.82, 2.24) is 14.6 Å². The van der Waals surface area contributed by atoms with Gasteiger partial charge in [-0.25, -0.2) is 9.50 Å². The van der Waals surface area contributed by atoms with Gasteiger partial charge in [0.15, 0.2) is 5.65 Å². The third-order valence-corrected chi connectivity index (χ3v) is 2.60. The van der Waals surface area contributed by atoms with E-state index in [1.165, 1.54) is 5.56 Å². The van der Waals surface area contributed by atoms with Crippen molar-refractivity contribution in [3.05, 3.63) is 54.4 Å². The van der Waals surface area contributed by atoms with Gasteiger partial charge in [-0.3, -0.25) is 0 Å². The molecule has 0 N–H and O–H groups in total. The van der Waals surface area contributed by atoms with E-state index in [0.29, 0.717) is 0 Å². The number of hydrogen-bond donors (Lipinski definition) is 0. The number of benzene rings is 1. The molecule has 0 unspecified atom stereocenters. The molecule has 0 spiro atoms. The molecule has 0 radical (unpaired) electrons. The summed E-state index contributed by atoms with van der Waals surface area (Å²) in [7, 11) is 0. The van der Waals surface area contributed by atoms with Crippen LogP contribution < -0.4 is 0 Å². The predicted octanol–water partition coefficient (Wildman–Crippen LogP) is 2.70. The SMILES string of the molecule is Cc1cccc(-c2ccnc3ccnn23)c1. The summed E-state index contributed by atoms with van der Waals surface area (Å²) in [6, 6.07) is 12.3. The third-order valence-electron chi connectivity index (χ3n) is 2.60. The van der Waals surface area contributed by atoms with Gasteiger partial charge in [0.05, 0.1) is 11.9 Å². The Hall–Kier alpha value is -2.16. The minimum atomic E-state index is 0.874. The van der Waals surface area contributed by atoms with Gasteiger partial charge in [0.1, 0.15) is 0 Å². The molecule has 0 aliphatic heterocycles. The maximum atomic E-state index is 4.28. The molecule has 0 saturated carbocycles. The average Bonchev–Trinajstić information content (AvgIpc) is 2.76. The highest BCUT2D eigenvalue weighted by Crippen LogP contribution is 2.19. The summed E-state index contributed by atoms with van der Waals surface area (Å²) in [6.07, 6.45) is 3.58. The predicted molar refractivity (Wildman–Crippen MR) is 63.2 cm³/mol. The maximum absolute atomic E-state index is 4.28. The van der Waals surface area contributed by atoms with Crippen LogP contribution in [0.5, 0.6) is 0 Å². The van der Waals surface area contributed by atoms with E-state index in [4.69, 9.17) is 0 Å². The molecule has 0 fully saturated rings. The van der Waals surface area contributed by atoms with Gasteiger partial charge in [0, 0.05) is 17.8 Å². The number of aromatic nitrogens is 3. The fraction of sp³-hybridized carbons (Fsp3) is 0.0769. The summed E-state index contributed by atoms with van der Waals surface area (Å²) in [6.45, 7) is 2.09. The van der Waals surface area contributed by atoms with E-state index < -0.39 is 0 Å². The van der Waals surface area contributed by atoms with Crippen molar-refractivity contribution in [2.75, 3.05) is 0 Å². The Morgan fingerprint density at radius 2 is 2.00 bits per heavy atom. The minimum Gasteiger partial charge on any atom is -0.237 e. The van der Waals surface area contributed by atoms with Gasteiger partial charge in [0.2, 0.25) is 0 Å². The van der Waals surface area contributed by atoms with Gasteiger partial charge < -0.3 is 0 Å². The quantitative estimate of drug-likeness (QED) is 0.616. The fourth-order valence-electron chi connectivity index (χ4n) is 1.86. The van der Waals surface area contributed by atoms with Crippen molar-refractivity contribution in [3.63, 3.8) is 0 Å². The topological polar surface area (TPSA) is 30.2 Å². The van der Waals surface area contributed by atoms with Crippen LogP contribution in [0.25, 0.3) is 16.9 Å². The largest absolute Gasteiger partial charge is 0.237 e. The number of rotatable bonds is 1. The van der Waals surface area contributed by atoms with Crippen molar-refractivity contribution in [2.45, 2.75) is 6.92 Å². The lowest BCUT2D eigenvalue weighted by Gasteiger charge is -2.04. The lowest BCUT2D eigenvalue weighted by atomic mass is 10.1. The van der Waals surface area contributed by atoms with Crippen LogP contribution in [0.4, 0.5) is 0 Å². The first-order valence-electron chi connectivity index (χ1n) is 5.20. The highest BCUT2D eigenvalue weighted by molar-refractivity contribution is 5.62. The zero-order valence-electron chi connectivity index (χ0n) is 8.96. The van der Waals surface area contributed by atoms with E-state index in [0.717, 1.165) is 16.9 Å². The van der Waals surface area contributed by atoms with Crippen LogP contribution >= 0.6 is 0 Å². The highest BCUT2D eigenvalue weighted by atomic mass is 15.2. The minimum absolute atomic E-state index is 0.874. The van der Waals surface area contributed by atoms with E-state index in [1.807, 2.05) is 22.8 Å². The number of fused-ring (bicyclic) bond motifs is 1. The molecule has 0 amide bonds. The Bertz CT molecular complexity index is 640. The molecular weight excluding hydrogens is 198 g/mol. The van der Waals surface area contributed by atoms with Crippen LogP contribution in [-0.2, 0) is 0 Å². The Kier molecular flexibility index (Phi) is 1.96. The van der Waals surface area contributed by atoms with E-state index in [-0.39, 0.29) is 0 Å². The molecule has 3 rings (SSSR count). The Morgan fingerprint density at radius 1 is 1.06 bits per heavy atom. The van der Waals surface area contributed by atoms with E-state index >= 15 is 0 Å². The van der Waals surface area contributed by atoms with E-state index in [2.05, 4.69) is 41.3 Å². The van der Waals surface area contributed by atoms with E-state index in [1.54, 1.807) is 6.20 Å². The van der Waals surface area contributed by atoms with Crippen LogP contribution in [0, 0.1) is 6.92 Å². The molecule has 0 aliphatic carbocycles. The van der Waals surface area contributed by atoms with Crippen molar-refractivity contribution >= 4 is 5.65 Å². The van der Waals surface area contributed by atoms with Crippen LogP contribution in [-0.4, -0.2) is 14.6 Å². The number of nitrogens with zero attached hydrogens (tertiary/aromatic N) is 3. The number of aryl methyl sites for hydroxylation is 1. The second-order valence-corrected chi connectivity index (χ2v) is 3.80. The van der Waals surface area contributed by atoms with Gasteiger partial charge in [-0.1, -0.05) is 23.8 Å². The van der Waals surface area contributed by atoms with Crippen LogP contribution in [0.15, 0.2) is 48.8 Å². The summed E-state index contributed by atoms with van der Waals surface area (Å²) < 4.78 is 1.86. The highest BCUT2D eigenvalue weighted by Gasteiger charge is 2.04. The van der Waals surface area contributed by atoms with Gasteiger partial charge in [0.25, 0.3) is 0 Å².